The van der Waals surface area contributed by atoms with Crippen molar-refractivity contribution >= 4 is 23.2 Å². The number of rotatable bonds is 8. The summed E-state index contributed by atoms with van der Waals surface area (Å²) in [5.74, 6) is -1.86. The van der Waals surface area contributed by atoms with Crippen LogP contribution in [-0.2, 0) is 16.0 Å². The highest BCUT2D eigenvalue weighted by Crippen LogP contribution is 2.24. The third-order valence-electron chi connectivity index (χ3n) is 4.07. The van der Waals surface area contributed by atoms with Crippen LogP contribution in [0.2, 0.25) is 0 Å². The smallest absolute Gasteiger partial charge is 0.326 e. The Hall–Kier alpha value is -2.28. The summed E-state index contributed by atoms with van der Waals surface area (Å²) < 4.78 is 13.3. The van der Waals surface area contributed by atoms with E-state index in [0.29, 0.717) is 29.1 Å². The molecule has 1 atom stereocenters. The van der Waals surface area contributed by atoms with Crippen molar-refractivity contribution in [1.29, 1.82) is 0 Å². The fraction of sp³-hybridized carbons (Fsp3) is 0.389. The van der Waals surface area contributed by atoms with Crippen LogP contribution in [-0.4, -0.2) is 28.0 Å². The summed E-state index contributed by atoms with van der Waals surface area (Å²) >= 11 is 1.32. The number of aromatic nitrogens is 1. The molecule has 1 heterocycles. The molecule has 1 amide bonds. The lowest BCUT2D eigenvalue weighted by atomic mass is 9.94. The average Bonchev–Trinajstić information content (AvgIpc) is 3.03. The maximum atomic E-state index is 13.3. The number of nitrogens with zero attached hydrogens (tertiary/aromatic N) is 1. The maximum absolute atomic E-state index is 13.3. The van der Waals surface area contributed by atoms with Crippen LogP contribution in [0, 0.1) is 11.7 Å². The normalized spacial score (nSPS) is 12.2. The Kier molecular flexibility index (Phi) is 6.64. The zero-order valence-electron chi connectivity index (χ0n) is 14.2. The van der Waals surface area contributed by atoms with Gasteiger partial charge in [0.1, 0.15) is 16.9 Å². The molecular weight excluding hydrogens is 343 g/mol. The second kappa shape index (κ2) is 8.71. The summed E-state index contributed by atoms with van der Waals surface area (Å²) in [7, 11) is 0. The van der Waals surface area contributed by atoms with Crippen molar-refractivity contribution in [2.24, 2.45) is 5.92 Å². The number of thiazole rings is 1. The Morgan fingerprint density at radius 1 is 1.32 bits per heavy atom. The number of carbonyl (C=O) groups is 2. The van der Waals surface area contributed by atoms with Crippen LogP contribution in [0.5, 0.6) is 0 Å². The first-order chi connectivity index (χ1) is 11.9. The van der Waals surface area contributed by atoms with Crippen molar-refractivity contribution in [3.05, 3.63) is 41.2 Å². The van der Waals surface area contributed by atoms with Gasteiger partial charge in [-0.3, -0.25) is 4.79 Å². The molecule has 0 radical (unpaired) electrons. The average molecular weight is 364 g/mol. The molecule has 1 aromatic heterocycles. The molecule has 0 saturated heterocycles. The van der Waals surface area contributed by atoms with E-state index in [0.717, 1.165) is 0 Å². The predicted molar refractivity (Wildman–Crippen MR) is 94.9 cm³/mol. The second-order valence-electron chi connectivity index (χ2n) is 5.79. The number of benzene rings is 1. The van der Waals surface area contributed by atoms with Gasteiger partial charge in [0.25, 0.3) is 0 Å². The highest BCUT2D eigenvalue weighted by atomic mass is 32.1. The van der Waals surface area contributed by atoms with Crippen LogP contribution >= 0.6 is 11.3 Å². The summed E-state index contributed by atoms with van der Waals surface area (Å²) in [4.78, 5) is 27.9. The molecule has 2 aromatic rings. The van der Waals surface area contributed by atoms with Crippen LogP contribution in [0.15, 0.2) is 29.6 Å². The van der Waals surface area contributed by atoms with Crippen LogP contribution in [0.3, 0.4) is 0 Å². The summed E-state index contributed by atoms with van der Waals surface area (Å²) in [6.45, 7) is 3.81. The lowest BCUT2D eigenvalue weighted by molar-refractivity contribution is -0.143. The zero-order valence-corrected chi connectivity index (χ0v) is 15.0. The molecule has 0 aliphatic rings. The molecule has 0 spiro atoms. The fourth-order valence-electron chi connectivity index (χ4n) is 2.67. The molecule has 0 bridgehead atoms. The van der Waals surface area contributed by atoms with Crippen LogP contribution in [0.25, 0.3) is 10.6 Å². The molecular formula is C18H21FN2O3S. The molecule has 7 heteroatoms. The predicted octanol–water partition coefficient (Wildman–Crippen LogP) is 3.50. The maximum Gasteiger partial charge on any atom is 0.326 e. The van der Waals surface area contributed by atoms with Crippen molar-refractivity contribution < 1.29 is 19.1 Å². The van der Waals surface area contributed by atoms with E-state index in [4.69, 9.17) is 0 Å². The van der Waals surface area contributed by atoms with Gasteiger partial charge >= 0.3 is 5.97 Å². The highest BCUT2D eigenvalue weighted by Gasteiger charge is 2.27. The van der Waals surface area contributed by atoms with Gasteiger partial charge in [-0.25, -0.2) is 14.2 Å². The molecule has 2 rings (SSSR count). The van der Waals surface area contributed by atoms with Crippen LogP contribution in [0.1, 0.15) is 32.4 Å². The van der Waals surface area contributed by atoms with Gasteiger partial charge in [-0.15, -0.1) is 11.3 Å². The van der Waals surface area contributed by atoms with E-state index in [2.05, 4.69) is 10.3 Å². The Morgan fingerprint density at radius 3 is 2.64 bits per heavy atom. The topological polar surface area (TPSA) is 79.3 Å². The molecule has 0 saturated carbocycles. The molecule has 0 aliphatic heterocycles. The van der Waals surface area contributed by atoms with Gasteiger partial charge in [-0.05, 0) is 18.1 Å². The Morgan fingerprint density at radius 2 is 2.04 bits per heavy atom. The highest BCUT2D eigenvalue weighted by molar-refractivity contribution is 7.13. The van der Waals surface area contributed by atoms with Crippen LogP contribution in [0.4, 0.5) is 4.39 Å². The Labute approximate surface area is 149 Å². The molecule has 134 valence electrons. The summed E-state index contributed by atoms with van der Waals surface area (Å²) in [5, 5.41) is 14.3. The van der Waals surface area contributed by atoms with Gasteiger partial charge in [0.2, 0.25) is 5.91 Å². The van der Waals surface area contributed by atoms with Crippen LogP contribution < -0.4 is 5.32 Å². The lowest BCUT2D eigenvalue weighted by Gasteiger charge is -2.22. The first-order valence-corrected chi connectivity index (χ1v) is 9.05. The van der Waals surface area contributed by atoms with Crippen molar-refractivity contribution in [2.45, 2.75) is 39.2 Å². The van der Waals surface area contributed by atoms with E-state index in [9.17, 15) is 19.1 Å². The first kappa shape index (κ1) is 19.1. The van der Waals surface area contributed by atoms with Gasteiger partial charge in [-0.2, -0.15) is 0 Å². The van der Waals surface area contributed by atoms with E-state index in [1.165, 1.54) is 23.5 Å². The molecule has 1 aromatic carbocycles. The summed E-state index contributed by atoms with van der Waals surface area (Å²) in [6.07, 6.45) is 1.35. The standard InChI is InChI=1S/C18H21FN2O3S/c1-3-11(4-2)16(18(23)24)21-15(22)9-14-10-25-17(20-14)12-6-5-7-13(19)8-12/h5-8,10-11,16H,3-4,9H2,1-2H3,(H,21,22)(H,23,24). The third kappa shape index (κ3) is 5.09. The van der Waals surface area contributed by atoms with Crippen molar-refractivity contribution in [2.75, 3.05) is 0 Å². The second-order valence-corrected chi connectivity index (χ2v) is 6.65. The van der Waals surface area contributed by atoms with E-state index in [1.807, 2.05) is 13.8 Å². The Bertz CT molecular complexity index is 743. The van der Waals surface area contributed by atoms with E-state index in [1.54, 1.807) is 17.5 Å². The number of hydrogen-bond acceptors (Lipinski definition) is 4. The quantitative estimate of drug-likeness (QED) is 0.751. The van der Waals surface area contributed by atoms with Crippen molar-refractivity contribution in [3.8, 4) is 10.6 Å². The largest absolute Gasteiger partial charge is 0.480 e. The van der Waals surface area contributed by atoms with E-state index in [-0.39, 0.29) is 24.1 Å². The zero-order chi connectivity index (χ0) is 18.4. The fourth-order valence-corrected chi connectivity index (χ4v) is 3.49. The third-order valence-corrected chi connectivity index (χ3v) is 5.01. The summed E-state index contributed by atoms with van der Waals surface area (Å²) in [6, 6.07) is 5.19. The SMILES string of the molecule is CCC(CC)C(NC(=O)Cc1csc(-c2cccc(F)c2)n1)C(=O)O. The lowest BCUT2D eigenvalue weighted by Crippen LogP contribution is -2.46. The minimum absolute atomic E-state index is 0.00422. The minimum atomic E-state index is -1.03. The van der Waals surface area contributed by atoms with Gasteiger partial charge in [0.05, 0.1) is 12.1 Å². The van der Waals surface area contributed by atoms with Gasteiger partial charge in [0.15, 0.2) is 0 Å². The number of halogens is 1. The van der Waals surface area contributed by atoms with Crippen molar-refractivity contribution in [3.63, 3.8) is 0 Å². The molecule has 5 nitrogen and oxygen atoms in total. The Balaban J connectivity index is 2.04. The molecule has 25 heavy (non-hydrogen) atoms. The molecule has 0 fully saturated rings. The van der Waals surface area contributed by atoms with E-state index < -0.39 is 12.0 Å². The van der Waals surface area contributed by atoms with Gasteiger partial charge in [-0.1, -0.05) is 38.8 Å². The molecule has 1 unspecified atom stereocenters. The number of carboxylic acid groups (broad SMARTS) is 1. The van der Waals surface area contributed by atoms with Gasteiger partial charge < -0.3 is 10.4 Å². The number of nitrogens with one attached hydrogen (secondary N) is 1. The molecule has 0 aliphatic carbocycles. The van der Waals surface area contributed by atoms with Gasteiger partial charge in [0, 0.05) is 10.9 Å². The number of aliphatic carboxylic acids is 1. The summed E-state index contributed by atoms with van der Waals surface area (Å²) in [5.41, 5.74) is 1.19. The minimum Gasteiger partial charge on any atom is -0.480 e. The number of hydrogen-bond donors (Lipinski definition) is 2. The van der Waals surface area contributed by atoms with E-state index >= 15 is 0 Å². The number of carboxylic acids is 1. The monoisotopic (exact) mass is 364 g/mol. The first-order valence-electron chi connectivity index (χ1n) is 8.17. The van der Waals surface area contributed by atoms with Crippen molar-refractivity contribution in [1.82, 2.24) is 10.3 Å². The number of amides is 1. The number of carbonyl (C=O) groups excluding carboxylic acids is 1. The molecule has 2 N–H and O–H groups in total.